The van der Waals surface area contributed by atoms with Crippen molar-refractivity contribution in [1.82, 2.24) is 14.7 Å². The van der Waals surface area contributed by atoms with E-state index in [4.69, 9.17) is 0 Å². The molecule has 1 aliphatic heterocycles. The first-order valence-electron chi connectivity index (χ1n) is 6.73. The smallest absolute Gasteiger partial charge is 0.138 e. The highest BCUT2D eigenvalue weighted by Gasteiger charge is 2.23. The average molecular weight is 244 g/mol. The Hall–Kier alpha value is -1.55. The molecule has 0 bridgehead atoms. The zero-order valence-corrected chi connectivity index (χ0v) is 10.8. The van der Waals surface area contributed by atoms with Gasteiger partial charge < -0.3 is 10.2 Å². The largest absolute Gasteiger partial charge is 0.353 e. The molecule has 1 fully saturated rings. The second-order valence-corrected chi connectivity index (χ2v) is 4.94. The molecule has 0 saturated carbocycles. The van der Waals surface area contributed by atoms with Crippen molar-refractivity contribution in [2.75, 3.05) is 25.0 Å². The molecule has 0 aromatic carbocycles. The van der Waals surface area contributed by atoms with Crippen LogP contribution in [0.25, 0.3) is 5.65 Å². The summed E-state index contributed by atoms with van der Waals surface area (Å²) in [6.07, 6.45) is 7.81. The van der Waals surface area contributed by atoms with Crippen LogP contribution in [0.4, 0.5) is 5.82 Å². The standard InChI is InChI=1S/C14H20N4/c1-15-11-12-5-2-3-9-17(12)14-7-4-6-13-16-8-10-18(13)14/h4,6-8,10,12,15H,2-3,5,9,11H2,1H3. The van der Waals surface area contributed by atoms with Crippen LogP contribution in [0.15, 0.2) is 30.6 Å². The van der Waals surface area contributed by atoms with Crippen LogP contribution in [0.1, 0.15) is 19.3 Å². The summed E-state index contributed by atoms with van der Waals surface area (Å²) in [5.74, 6) is 1.27. The fourth-order valence-electron chi connectivity index (χ4n) is 2.92. The van der Waals surface area contributed by atoms with Crippen molar-refractivity contribution in [3.8, 4) is 0 Å². The maximum atomic E-state index is 4.37. The van der Waals surface area contributed by atoms with E-state index in [1.165, 1.54) is 25.1 Å². The van der Waals surface area contributed by atoms with Crippen LogP contribution in [-0.4, -0.2) is 35.6 Å². The van der Waals surface area contributed by atoms with E-state index in [2.05, 4.69) is 44.0 Å². The van der Waals surface area contributed by atoms with Crippen LogP contribution in [0.5, 0.6) is 0 Å². The van der Waals surface area contributed by atoms with Crippen LogP contribution in [0, 0.1) is 0 Å². The second kappa shape index (κ2) is 4.98. The highest BCUT2D eigenvalue weighted by molar-refractivity contribution is 5.52. The van der Waals surface area contributed by atoms with Gasteiger partial charge in [-0.25, -0.2) is 4.98 Å². The van der Waals surface area contributed by atoms with Crippen molar-refractivity contribution in [3.63, 3.8) is 0 Å². The molecule has 1 aliphatic rings. The molecule has 0 aliphatic carbocycles. The number of nitrogens with zero attached hydrogens (tertiary/aromatic N) is 3. The summed E-state index contributed by atoms with van der Waals surface area (Å²) in [5.41, 5.74) is 1.03. The van der Waals surface area contributed by atoms with Crippen LogP contribution in [0.2, 0.25) is 0 Å². The molecule has 1 atom stereocenters. The first kappa shape index (κ1) is 11.5. The Bertz CT molecular complexity index is 517. The van der Waals surface area contributed by atoms with Crippen molar-refractivity contribution in [2.24, 2.45) is 0 Å². The normalized spacial score (nSPS) is 20.5. The van der Waals surface area contributed by atoms with Gasteiger partial charge in [-0.2, -0.15) is 0 Å². The Labute approximate surface area is 108 Å². The highest BCUT2D eigenvalue weighted by atomic mass is 15.3. The summed E-state index contributed by atoms with van der Waals surface area (Å²) in [6.45, 7) is 2.19. The van der Waals surface area contributed by atoms with E-state index < -0.39 is 0 Å². The van der Waals surface area contributed by atoms with Crippen LogP contribution < -0.4 is 10.2 Å². The van der Waals surface area contributed by atoms with Crippen molar-refractivity contribution in [3.05, 3.63) is 30.6 Å². The van der Waals surface area contributed by atoms with Gasteiger partial charge in [0.2, 0.25) is 0 Å². The van der Waals surface area contributed by atoms with Gasteiger partial charge in [0, 0.05) is 31.5 Å². The molecular weight excluding hydrogens is 224 g/mol. The van der Waals surface area contributed by atoms with Crippen molar-refractivity contribution in [2.45, 2.75) is 25.3 Å². The molecular formula is C14H20N4. The molecule has 18 heavy (non-hydrogen) atoms. The number of hydrogen-bond acceptors (Lipinski definition) is 3. The maximum absolute atomic E-state index is 4.37. The minimum absolute atomic E-state index is 0.594. The Balaban J connectivity index is 1.98. The third-order valence-corrected chi connectivity index (χ3v) is 3.77. The summed E-state index contributed by atoms with van der Waals surface area (Å²) in [7, 11) is 2.03. The van der Waals surface area contributed by atoms with Gasteiger partial charge in [0.05, 0.1) is 0 Å². The van der Waals surface area contributed by atoms with Crippen LogP contribution >= 0.6 is 0 Å². The molecule has 3 rings (SSSR count). The summed E-state index contributed by atoms with van der Waals surface area (Å²) < 4.78 is 2.19. The van der Waals surface area contributed by atoms with Gasteiger partial charge in [0.1, 0.15) is 11.5 Å². The Morgan fingerprint density at radius 3 is 3.22 bits per heavy atom. The number of pyridine rings is 1. The molecule has 2 aromatic heterocycles. The van der Waals surface area contributed by atoms with Crippen LogP contribution in [-0.2, 0) is 0 Å². The fourth-order valence-corrected chi connectivity index (χ4v) is 2.92. The molecule has 0 amide bonds. The lowest BCUT2D eigenvalue weighted by atomic mass is 10.0. The molecule has 4 nitrogen and oxygen atoms in total. The Morgan fingerprint density at radius 1 is 1.39 bits per heavy atom. The SMILES string of the molecule is CNCC1CCCCN1c1cccc2nccn12. The van der Waals surface area contributed by atoms with E-state index in [1.54, 1.807) is 0 Å². The minimum Gasteiger partial charge on any atom is -0.353 e. The van der Waals surface area contributed by atoms with E-state index in [9.17, 15) is 0 Å². The van der Waals surface area contributed by atoms with Gasteiger partial charge in [-0.05, 0) is 38.4 Å². The molecule has 2 aromatic rings. The molecule has 1 saturated heterocycles. The van der Waals surface area contributed by atoms with Crippen molar-refractivity contribution >= 4 is 11.5 Å². The molecule has 1 N–H and O–H groups in total. The lowest BCUT2D eigenvalue weighted by Crippen LogP contribution is -2.45. The van der Waals surface area contributed by atoms with Gasteiger partial charge >= 0.3 is 0 Å². The lowest BCUT2D eigenvalue weighted by molar-refractivity contribution is 0.442. The number of rotatable bonds is 3. The number of hydrogen-bond donors (Lipinski definition) is 1. The zero-order valence-electron chi connectivity index (χ0n) is 10.8. The third-order valence-electron chi connectivity index (χ3n) is 3.77. The molecule has 0 radical (unpaired) electrons. The first-order chi connectivity index (χ1) is 8.90. The second-order valence-electron chi connectivity index (χ2n) is 4.94. The van der Waals surface area contributed by atoms with Gasteiger partial charge in [0.25, 0.3) is 0 Å². The summed E-state index contributed by atoms with van der Waals surface area (Å²) >= 11 is 0. The minimum atomic E-state index is 0.594. The lowest BCUT2D eigenvalue weighted by Gasteiger charge is -2.37. The molecule has 96 valence electrons. The summed E-state index contributed by atoms with van der Waals surface area (Å²) in [4.78, 5) is 6.89. The third kappa shape index (κ3) is 1.97. The molecule has 1 unspecified atom stereocenters. The van der Waals surface area contributed by atoms with E-state index >= 15 is 0 Å². The first-order valence-corrected chi connectivity index (χ1v) is 6.73. The van der Waals surface area contributed by atoms with Gasteiger partial charge in [-0.1, -0.05) is 6.07 Å². The number of likely N-dealkylation sites (N-methyl/N-ethyl adjacent to an activating group) is 1. The van der Waals surface area contributed by atoms with E-state index in [1.807, 2.05) is 13.2 Å². The fraction of sp³-hybridized carbons (Fsp3) is 0.500. The zero-order chi connectivity index (χ0) is 12.4. The Morgan fingerprint density at radius 2 is 2.33 bits per heavy atom. The number of nitrogens with one attached hydrogen (secondary N) is 1. The predicted molar refractivity (Wildman–Crippen MR) is 74.1 cm³/mol. The topological polar surface area (TPSA) is 32.6 Å². The summed E-state index contributed by atoms with van der Waals surface area (Å²) in [6, 6.07) is 6.95. The van der Waals surface area contributed by atoms with Gasteiger partial charge in [-0.15, -0.1) is 0 Å². The monoisotopic (exact) mass is 244 g/mol. The number of fused-ring (bicyclic) bond motifs is 1. The summed E-state index contributed by atoms with van der Waals surface area (Å²) in [5, 5.41) is 3.31. The van der Waals surface area contributed by atoms with Crippen molar-refractivity contribution < 1.29 is 0 Å². The van der Waals surface area contributed by atoms with E-state index in [0.29, 0.717) is 6.04 Å². The van der Waals surface area contributed by atoms with Crippen molar-refractivity contribution in [1.29, 1.82) is 0 Å². The molecule has 0 spiro atoms. The maximum Gasteiger partial charge on any atom is 0.138 e. The predicted octanol–water partition coefficient (Wildman–Crippen LogP) is 1.91. The number of piperidine rings is 1. The number of imidazole rings is 1. The molecule has 3 heterocycles. The van der Waals surface area contributed by atoms with E-state index in [-0.39, 0.29) is 0 Å². The van der Waals surface area contributed by atoms with E-state index in [0.717, 1.165) is 18.7 Å². The number of anilines is 1. The van der Waals surface area contributed by atoms with Gasteiger partial charge in [-0.3, -0.25) is 4.40 Å². The van der Waals surface area contributed by atoms with Gasteiger partial charge in [0.15, 0.2) is 0 Å². The highest BCUT2D eigenvalue weighted by Crippen LogP contribution is 2.25. The van der Waals surface area contributed by atoms with Crippen LogP contribution in [0.3, 0.4) is 0 Å². The molecule has 4 heteroatoms. The number of aromatic nitrogens is 2. The Kier molecular flexibility index (Phi) is 3.19. The average Bonchev–Trinajstić information content (AvgIpc) is 2.88. The quantitative estimate of drug-likeness (QED) is 0.895.